The van der Waals surface area contributed by atoms with Gasteiger partial charge in [0.05, 0.1) is 34.5 Å². The van der Waals surface area contributed by atoms with Crippen LogP contribution < -0.4 is 11.1 Å². The number of nitrogen functional groups attached to an aromatic ring is 1. The van der Waals surface area contributed by atoms with Gasteiger partial charge in [0.2, 0.25) is 0 Å². The molecule has 38 heavy (non-hydrogen) atoms. The van der Waals surface area contributed by atoms with Crippen LogP contribution in [-0.2, 0) is 6.42 Å². The Balaban J connectivity index is 0.00000195. The molecule has 0 saturated carbocycles. The number of rotatable bonds is 9. The highest BCUT2D eigenvalue weighted by atomic mass is 19.1. The first-order valence-electron chi connectivity index (χ1n) is 12.2. The highest BCUT2D eigenvalue weighted by Gasteiger charge is 2.14. The molecule has 0 amide bonds. The first kappa shape index (κ1) is 27.7. The van der Waals surface area contributed by atoms with Gasteiger partial charge in [-0.05, 0) is 55.3 Å². The average Bonchev–Trinajstić information content (AvgIpc) is 3.36. The van der Waals surface area contributed by atoms with Gasteiger partial charge in [-0.2, -0.15) is 0 Å². The molecule has 6 heteroatoms. The van der Waals surface area contributed by atoms with Gasteiger partial charge in [-0.15, -0.1) is 12.8 Å². The van der Waals surface area contributed by atoms with Gasteiger partial charge in [-0.25, -0.2) is 9.37 Å². The Hall–Kier alpha value is -4.89. The SMILES string of the molecule is C#C.C=C/C(=C\C(=C/C)c1ccc(N)c(Cc2nc3c(-c4ccccc4F)cccc3[nH]2)n1)NC(=C)CC. The molecule has 4 N–H and O–H groups in total. The van der Waals surface area contributed by atoms with Crippen molar-refractivity contribution in [2.45, 2.75) is 26.7 Å². The molecule has 5 nitrogen and oxygen atoms in total. The molecule has 2 aromatic heterocycles. The topological polar surface area (TPSA) is 79.6 Å². The van der Waals surface area contributed by atoms with E-state index >= 15 is 0 Å². The lowest BCUT2D eigenvalue weighted by Crippen LogP contribution is -2.10. The Morgan fingerprint density at radius 3 is 2.50 bits per heavy atom. The number of aromatic amines is 1. The molecule has 0 aliphatic carbocycles. The van der Waals surface area contributed by atoms with Gasteiger partial charge in [0.15, 0.2) is 0 Å². The number of terminal acetylenes is 1. The molecule has 4 rings (SSSR count). The van der Waals surface area contributed by atoms with Gasteiger partial charge < -0.3 is 16.0 Å². The molecule has 0 unspecified atom stereocenters. The first-order valence-corrected chi connectivity index (χ1v) is 12.2. The van der Waals surface area contributed by atoms with Crippen LogP contribution in [0, 0.1) is 18.7 Å². The van der Waals surface area contributed by atoms with Crippen LogP contribution >= 0.6 is 0 Å². The summed E-state index contributed by atoms with van der Waals surface area (Å²) in [5, 5.41) is 3.27. The van der Waals surface area contributed by atoms with Crippen molar-refractivity contribution in [2.75, 3.05) is 5.73 Å². The summed E-state index contributed by atoms with van der Waals surface area (Å²) in [5.74, 6) is 0.423. The lowest BCUT2D eigenvalue weighted by Gasteiger charge is -2.11. The molecule has 0 saturated heterocycles. The van der Waals surface area contributed by atoms with Crippen LogP contribution in [0.2, 0.25) is 0 Å². The lowest BCUT2D eigenvalue weighted by atomic mass is 10.0. The standard InChI is InChI=1S/C30H30FN5.C2H2/c1-5-19(4)33-21(7-3)17-20(6-2)26-16-15-25(32)28(34-26)18-29-35-27-14-10-12-23(30(27)36-29)22-11-8-9-13-24(22)31;1-2/h6-17,33H,3-5,18,32H2,1-2H3,(H,35,36);1-2H/b20-6+,21-17+;. The molecular formula is C32H32FN5. The van der Waals surface area contributed by atoms with Crippen LogP contribution in [0.3, 0.4) is 0 Å². The van der Waals surface area contributed by atoms with E-state index in [-0.39, 0.29) is 5.82 Å². The number of fused-ring (bicyclic) bond motifs is 1. The largest absolute Gasteiger partial charge is 0.397 e. The maximum absolute atomic E-state index is 14.5. The zero-order valence-electron chi connectivity index (χ0n) is 21.8. The number of hydrogen-bond donors (Lipinski definition) is 3. The average molecular weight is 506 g/mol. The Morgan fingerprint density at radius 1 is 1.08 bits per heavy atom. The van der Waals surface area contributed by atoms with Gasteiger partial charge in [-0.1, -0.05) is 56.5 Å². The molecule has 2 heterocycles. The van der Waals surface area contributed by atoms with Crippen molar-refractivity contribution in [3.05, 3.63) is 120 Å². The predicted octanol–water partition coefficient (Wildman–Crippen LogP) is 7.17. The summed E-state index contributed by atoms with van der Waals surface area (Å²) in [7, 11) is 0. The summed E-state index contributed by atoms with van der Waals surface area (Å²) in [6, 6.07) is 16.2. The molecule has 0 aliphatic rings. The van der Waals surface area contributed by atoms with Gasteiger partial charge in [0.1, 0.15) is 11.6 Å². The quantitative estimate of drug-likeness (QED) is 0.166. The monoisotopic (exact) mass is 505 g/mol. The van der Waals surface area contributed by atoms with Crippen molar-refractivity contribution in [1.82, 2.24) is 20.3 Å². The van der Waals surface area contributed by atoms with Crippen molar-refractivity contribution in [1.29, 1.82) is 0 Å². The van der Waals surface area contributed by atoms with Crippen LogP contribution in [0.15, 0.2) is 97.4 Å². The van der Waals surface area contributed by atoms with Crippen LogP contribution in [0.5, 0.6) is 0 Å². The van der Waals surface area contributed by atoms with E-state index in [1.165, 1.54) is 6.07 Å². The minimum Gasteiger partial charge on any atom is -0.397 e. The number of para-hydroxylation sites is 1. The van der Waals surface area contributed by atoms with Crippen molar-refractivity contribution >= 4 is 22.3 Å². The maximum atomic E-state index is 14.5. The second-order valence-electron chi connectivity index (χ2n) is 8.40. The molecule has 4 aromatic rings. The third-order valence-corrected chi connectivity index (χ3v) is 5.96. The number of imidazole rings is 1. The Bertz CT molecular complexity index is 1540. The number of nitrogens with zero attached hydrogens (tertiary/aromatic N) is 2. The Morgan fingerprint density at radius 2 is 1.82 bits per heavy atom. The third-order valence-electron chi connectivity index (χ3n) is 5.96. The predicted molar refractivity (Wildman–Crippen MR) is 157 cm³/mol. The molecule has 0 fully saturated rings. The van der Waals surface area contributed by atoms with E-state index in [4.69, 9.17) is 15.7 Å². The van der Waals surface area contributed by atoms with Crippen LogP contribution in [0.1, 0.15) is 37.5 Å². The van der Waals surface area contributed by atoms with E-state index in [1.54, 1.807) is 18.2 Å². The Kier molecular flexibility index (Phi) is 9.39. The lowest BCUT2D eigenvalue weighted by molar-refractivity contribution is 0.631. The van der Waals surface area contributed by atoms with E-state index in [0.29, 0.717) is 34.7 Å². The number of hydrogen-bond acceptors (Lipinski definition) is 4. The highest BCUT2D eigenvalue weighted by Crippen LogP contribution is 2.30. The number of aromatic nitrogens is 3. The number of benzene rings is 2. The number of anilines is 1. The van der Waals surface area contributed by atoms with Crippen molar-refractivity contribution < 1.29 is 4.39 Å². The normalized spacial score (nSPS) is 11.5. The zero-order valence-corrected chi connectivity index (χ0v) is 21.8. The summed E-state index contributed by atoms with van der Waals surface area (Å²) in [4.78, 5) is 13.0. The van der Waals surface area contributed by atoms with Crippen molar-refractivity contribution in [3.63, 3.8) is 0 Å². The summed E-state index contributed by atoms with van der Waals surface area (Å²) >= 11 is 0. The van der Waals surface area contributed by atoms with Crippen LogP contribution in [0.25, 0.3) is 27.7 Å². The zero-order chi connectivity index (χ0) is 27.7. The minimum absolute atomic E-state index is 0.281. The smallest absolute Gasteiger partial charge is 0.131 e. The van der Waals surface area contributed by atoms with Crippen molar-refractivity contribution in [3.8, 4) is 24.0 Å². The molecular weight excluding hydrogens is 473 g/mol. The van der Waals surface area contributed by atoms with Gasteiger partial charge in [0.25, 0.3) is 0 Å². The fourth-order valence-corrected chi connectivity index (χ4v) is 3.95. The molecule has 0 atom stereocenters. The van der Waals surface area contributed by atoms with E-state index in [2.05, 4.69) is 36.3 Å². The Labute approximate surface area is 223 Å². The number of nitrogens with one attached hydrogen (secondary N) is 2. The fourth-order valence-electron chi connectivity index (χ4n) is 3.95. The molecule has 0 aliphatic heterocycles. The summed E-state index contributed by atoms with van der Waals surface area (Å²) in [6.07, 6.45) is 15.0. The molecule has 2 aromatic carbocycles. The van der Waals surface area contributed by atoms with E-state index < -0.39 is 0 Å². The van der Waals surface area contributed by atoms with Gasteiger partial charge in [0, 0.05) is 22.5 Å². The maximum Gasteiger partial charge on any atom is 0.131 e. The number of nitrogens with two attached hydrogens (primary N) is 1. The third kappa shape index (κ3) is 6.26. The second kappa shape index (κ2) is 12.9. The number of H-pyrrole nitrogens is 1. The summed E-state index contributed by atoms with van der Waals surface area (Å²) in [6.45, 7) is 11.9. The van der Waals surface area contributed by atoms with E-state index in [0.717, 1.165) is 40.2 Å². The molecule has 0 bridgehead atoms. The van der Waals surface area contributed by atoms with E-state index in [9.17, 15) is 4.39 Å². The number of halogens is 1. The van der Waals surface area contributed by atoms with E-state index in [1.807, 2.05) is 62.4 Å². The first-order chi connectivity index (χ1) is 18.4. The van der Waals surface area contributed by atoms with Crippen LogP contribution in [0.4, 0.5) is 10.1 Å². The van der Waals surface area contributed by atoms with Gasteiger partial charge in [-0.3, -0.25) is 4.98 Å². The number of allylic oxidation sites excluding steroid dienone is 5. The molecule has 0 radical (unpaired) electrons. The number of pyridine rings is 1. The second-order valence-corrected chi connectivity index (χ2v) is 8.40. The summed E-state index contributed by atoms with van der Waals surface area (Å²) in [5.41, 5.74) is 13.8. The highest BCUT2D eigenvalue weighted by molar-refractivity contribution is 5.92. The summed E-state index contributed by atoms with van der Waals surface area (Å²) < 4.78 is 14.5. The fraction of sp³-hybridized carbons (Fsp3) is 0.125. The van der Waals surface area contributed by atoms with Crippen molar-refractivity contribution in [2.24, 2.45) is 0 Å². The molecule has 192 valence electrons. The van der Waals surface area contributed by atoms with Gasteiger partial charge >= 0.3 is 0 Å². The minimum atomic E-state index is -0.281. The van der Waals surface area contributed by atoms with Crippen LogP contribution in [-0.4, -0.2) is 15.0 Å². The molecule has 0 spiro atoms.